The van der Waals surface area contributed by atoms with Crippen LogP contribution in [-0.4, -0.2) is 10.7 Å². The third kappa shape index (κ3) is 5.10. The third-order valence-corrected chi connectivity index (χ3v) is 3.70. The zero-order chi connectivity index (χ0) is 11.1. The summed E-state index contributed by atoms with van der Waals surface area (Å²) in [7, 11) is 0. The predicted octanol–water partition coefficient (Wildman–Crippen LogP) is 4.81. The molecular formula is C11H15Cl2NS. The van der Waals surface area contributed by atoms with Gasteiger partial charge in [-0.2, -0.15) is 11.8 Å². The van der Waals surface area contributed by atoms with Gasteiger partial charge in [0, 0.05) is 17.0 Å². The Labute approximate surface area is 106 Å². The van der Waals surface area contributed by atoms with E-state index in [1.54, 1.807) is 12.3 Å². The number of hydrogen-bond acceptors (Lipinski definition) is 2. The lowest BCUT2D eigenvalue weighted by molar-refractivity contribution is 0.778. The number of hydrogen-bond donors (Lipinski definition) is 0. The molecule has 4 heteroatoms. The molecule has 1 nitrogen and oxygen atoms in total. The van der Waals surface area contributed by atoms with Gasteiger partial charge in [0.15, 0.2) is 0 Å². The van der Waals surface area contributed by atoms with Crippen LogP contribution in [0.1, 0.15) is 31.7 Å². The first kappa shape index (κ1) is 13.1. The molecule has 0 saturated carbocycles. The smallest absolute Gasteiger partial charge is 0.130 e. The Morgan fingerprint density at radius 1 is 1.33 bits per heavy atom. The van der Waals surface area contributed by atoms with Crippen molar-refractivity contribution in [3.8, 4) is 0 Å². The number of rotatable bonds is 6. The highest BCUT2D eigenvalue weighted by atomic mass is 35.5. The van der Waals surface area contributed by atoms with Crippen molar-refractivity contribution in [2.75, 3.05) is 5.75 Å². The SMILES string of the molecule is CCCCCSCc1cnc(Cl)cc1Cl. The maximum absolute atomic E-state index is 6.03. The van der Waals surface area contributed by atoms with Gasteiger partial charge in [0.2, 0.25) is 0 Å². The highest BCUT2D eigenvalue weighted by Gasteiger charge is 2.02. The normalized spacial score (nSPS) is 10.6. The Balaban J connectivity index is 2.31. The number of unbranched alkanes of at least 4 members (excludes halogenated alkanes) is 2. The Kier molecular flexibility index (Phi) is 6.46. The van der Waals surface area contributed by atoms with E-state index in [1.165, 1.54) is 25.0 Å². The summed E-state index contributed by atoms with van der Waals surface area (Å²) in [5.41, 5.74) is 1.07. The van der Waals surface area contributed by atoms with Gasteiger partial charge in [0.05, 0.1) is 0 Å². The lowest BCUT2D eigenvalue weighted by atomic mass is 10.3. The molecule has 1 heterocycles. The number of thioether (sulfide) groups is 1. The Morgan fingerprint density at radius 2 is 2.13 bits per heavy atom. The summed E-state index contributed by atoms with van der Waals surface area (Å²) in [6.45, 7) is 2.21. The van der Waals surface area contributed by atoms with Crippen LogP contribution in [0.5, 0.6) is 0 Å². The second kappa shape index (κ2) is 7.37. The second-order valence-corrected chi connectivity index (χ2v) is 5.26. The molecule has 0 aromatic carbocycles. The molecule has 1 aromatic rings. The molecule has 1 aromatic heterocycles. The van der Waals surface area contributed by atoms with E-state index >= 15 is 0 Å². The van der Waals surface area contributed by atoms with Crippen molar-refractivity contribution in [3.63, 3.8) is 0 Å². The van der Waals surface area contributed by atoms with Gasteiger partial charge in [-0.3, -0.25) is 0 Å². The maximum Gasteiger partial charge on any atom is 0.130 e. The van der Waals surface area contributed by atoms with Crippen molar-refractivity contribution >= 4 is 35.0 Å². The minimum absolute atomic E-state index is 0.458. The molecule has 0 atom stereocenters. The van der Waals surface area contributed by atoms with Gasteiger partial charge < -0.3 is 0 Å². The summed E-state index contributed by atoms with van der Waals surface area (Å²) in [4.78, 5) is 4.02. The van der Waals surface area contributed by atoms with E-state index in [2.05, 4.69) is 11.9 Å². The Bertz CT molecular complexity index is 305. The van der Waals surface area contributed by atoms with Crippen LogP contribution < -0.4 is 0 Å². The molecular weight excluding hydrogens is 249 g/mol. The van der Waals surface area contributed by atoms with Crippen molar-refractivity contribution in [2.24, 2.45) is 0 Å². The number of pyridine rings is 1. The topological polar surface area (TPSA) is 12.9 Å². The van der Waals surface area contributed by atoms with Gasteiger partial charge in [-0.25, -0.2) is 4.98 Å². The quantitative estimate of drug-likeness (QED) is 0.540. The fourth-order valence-corrected chi connectivity index (χ4v) is 2.69. The summed E-state index contributed by atoms with van der Waals surface area (Å²) >= 11 is 13.6. The zero-order valence-corrected chi connectivity index (χ0v) is 11.1. The molecule has 1 rings (SSSR count). The molecule has 0 radical (unpaired) electrons. The van der Waals surface area contributed by atoms with Gasteiger partial charge in [-0.15, -0.1) is 0 Å². The molecule has 0 unspecified atom stereocenters. The van der Waals surface area contributed by atoms with Crippen LogP contribution in [0, 0.1) is 0 Å². The van der Waals surface area contributed by atoms with Gasteiger partial charge in [-0.05, 0) is 23.8 Å². The van der Waals surface area contributed by atoms with E-state index in [0.29, 0.717) is 5.15 Å². The van der Waals surface area contributed by atoms with Crippen molar-refractivity contribution in [1.29, 1.82) is 0 Å². The lowest BCUT2D eigenvalue weighted by Gasteiger charge is -2.03. The van der Waals surface area contributed by atoms with E-state index in [9.17, 15) is 0 Å². The molecule has 0 aliphatic carbocycles. The molecule has 0 saturated heterocycles. The summed E-state index contributed by atoms with van der Waals surface area (Å²) in [6.07, 6.45) is 5.61. The molecule has 0 amide bonds. The number of halogens is 2. The van der Waals surface area contributed by atoms with Crippen LogP contribution in [-0.2, 0) is 5.75 Å². The molecule has 0 spiro atoms. The van der Waals surface area contributed by atoms with Crippen molar-refractivity contribution in [1.82, 2.24) is 4.98 Å². The predicted molar refractivity (Wildman–Crippen MR) is 69.9 cm³/mol. The Hall–Kier alpha value is 0.0800. The van der Waals surface area contributed by atoms with Crippen molar-refractivity contribution < 1.29 is 0 Å². The van der Waals surface area contributed by atoms with Crippen molar-refractivity contribution in [2.45, 2.75) is 31.9 Å². The molecule has 15 heavy (non-hydrogen) atoms. The van der Waals surface area contributed by atoms with Crippen LogP contribution in [0.4, 0.5) is 0 Å². The average molecular weight is 264 g/mol. The zero-order valence-electron chi connectivity index (χ0n) is 8.80. The van der Waals surface area contributed by atoms with E-state index in [0.717, 1.165) is 16.3 Å². The molecule has 0 aliphatic heterocycles. The van der Waals surface area contributed by atoms with Crippen LogP contribution in [0.15, 0.2) is 12.3 Å². The fraction of sp³-hybridized carbons (Fsp3) is 0.545. The van der Waals surface area contributed by atoms with Crippen LogP contribution in [0.25, 0.3) is 0 Å². The molecule has 0 bridgehead atoms. The Morgan fingerprint density at radius 3 is 2.80 bits per heavy atom. The van der Waals surface area contributed by atoms with Crippen LogP contribution >= 0.6 is 35.0 Å². The minimum Gasteiger partial charge on any atom is -0.244 e. The first-order valence-electron chi connectivity index (χ1n) is 5.11. The average Bonchev–Trinajstić information content (AvgIpc) is 2.20. The third-order valence-electron chi connectivity index (χ3n) is 2.05. The summed E-state index contributed by atoms with van der Waals surface area (Å²) < 4.78 is 0. The number of nitrogens with zero attached hydrogens (tertiary/aromatic N) is 1. The fourth-order valence-electron chi connectivity index (χ4n) is 1.18. The molecule has 0 fully saturated rings. The minimum atomic E-state index is 0.458. The molecule has 0 aliphatic rings. The summed E-state index contributed by atoms with van der Waals surface area (Å²) in [5.74, 6) is 2.11. The summed E-state index contributed by atoms with van der Waals surface area (Å²) in [6, 6.07) is 1.70. The first-order valence-corrected chi connectivity index (χ1v) is 7.02. The highest BCUT2D eigenvalue weighted by Crippen LogP contribution is 2.23. The maximum atomic E-state index is 6.03. The van der Waals surface area contributed by atoms with E-state index < -0.39 is 0 Å². The van der Waals surface area contributed by atoms with Crippen LogP contribution in [0.2, 0.25) is 10.2 Å². The van der Waals surface area contributed by atoms with E-state index in [-0.39, 0.29) is 0 Å². The van der Waals surface area contributed by atoms with Crippen LogP contribution in [0.3, 0.4) is 0 Å². The number of aromatic nitrogens is 1. The monoisotopic (exact) mass is 263 g/mol. The first-order chi connectivity index (χ1) is 7.24. The standard InChI is InChI=1S/C11H15Cl2NS/c1-2-3-4-5-15-8-9-7-14-11(13)6-10(9)12/h6-7H,2-5,8H2,1H3. The van der Waals surface area contributed by atoms with E-state index in [1.807, 2.05) is 11.8 Å². The van der Waals surface area contributed by atoms with Crippen molar-refractivity contribution in [3.05, 3.63) is 28.0 Å². The van der Waals surface area contributed by atoms with Gasteiger partial charge in [0.25, 0.3) is 0 Å². The van der Waals surface area contributed by atoms with Gasteiger partial charge in [-0.1, -0.05) is 43.0 Å². The highest BCUT2D eigenvalue weighted by molar-refractivity contribution is 7.98. The van der Waals surface area contributed by atoms with E-state index in [4.69, 9.17) is 23.2 Å². The second-order valence-electron chi connectivity index (χ2n) is 3.36. The molecule has 84 valence electrons. The summed E-state index contributed by atoms with van der Waals surface area (Å²) in [5, 5.41) is 1.18. The van der Waals surface area contributed by atoms with Gasteiger partial charge >= 0.3 is 0 Å². The largest absolute Gasteiger partial charge is 0.244 e. The van der Waals surface area contributed by atoms with Gasteiger partial charge in [0.1, 0.15) is 5.15 Å². The lowest BCUT2D eigenvalue weighted by Crippen LogP contribution is -1.87. The molecule has 0 N–H and O–H groups in total.